The zero-order valence-electron chi connectivity index (χ0n) is 10.0. The molecule has 1 unspecified atom stereocenters. The molecule has 0 radical (unpaired) electrons. The molecular weight excluding hydrogens is 222 g/mol. The molecule has 0 amide bonds. The van der Waals surface area contributed by atoms with E-state index in [0.717, 1.165) is 38.7 Å². The van der Waals surface area contributed by atoms with E-state index in [0.29, 0.717) is 11.6 Å². The molecule has 2 rings (SSSR count). The molecule has 2 nitrogen and oxygen atoms in total. The second-order valence-electron chi connectivity index (χ2n) is 4.68. The van der Waals surface area contributed by atoms with Crippen molar-refractivity contribution in [3.63, 3.8) is 0 Å². The first-order valence-corrected chi connectivity index (χ1v) is 6.08. The molecule has 1 aliphatic heterocycles. The fourth-order valence-corrected chi connectivity index (χ4v) is 2.23. The number of nitrogens with one attached hydrogen (secondary N) is 1. The summed E-state index contributed by atoms with van der Waals surface area (Å²) in [5.41, 5.74) is 0.388. The third-order valence-electron chi connectivity index (χ3n) is 3.08. The van der Waals surface area contributed by atoms with Crippen molar-refractivity contribution in [3.8, 4) is 0 Å². The van der Waals surface area contributed by atoms with Crippen LogP contribution in [0.15, 0.2) is 18.2 Å². The molecule has 1 aromatic rings. The van der Waals surface area contributed by atoms with Crippen molar-refractivity contribution >= 4 is 5.69 Å². The molecular formula is C13H18F2N2. The van der Waals surface area contributed by atoms with Crippen molar-refractivity contribution in [2.24, 2.45) is 5.92 Å². The second kappa shape index (κ2) is 5.45. The van der Waals surface area contributed by atoms with Gasteiger partial charge in [0.15, 0.2) is 11.6 Å². The second-order valence-corrected chi connectivity index (χ2v) is 4.68. The predicted molar refractivity (Wildman–Crippen MR) is 65.2 cm³/mol. The Morgan fingerprint density at radius 3 is 3.00 bits per heavy atom. The highest BCUT2D eigenvalue weighted by molar-refractivity contribution is 5.48. The van der Waals surface area contributed by atoms with Crippen LogP contribution in [0.1, 0.15) is 13.3 Å². The molecule has 4 heteroatoms. The molecule has 1 saturated heterocycles. The van der Waals surface area contributed by atoms with Gasteiger partial charge in [-0.25, -0.2) is 8.78 Å². The minimum absolute atomic E-state index is 0.388. The molecule has 0 saturated carbocycles. The van der Waals surface area contributed by atoms with E-state index in [2.05, 4.69) is 12.2 Å². The number of halogens is 2. The summed E-state index contributed by atoms with van der Waals surface area (Å²) in [7, 11) is 0. The highest BCUT2D eigenvalue weighted by atomic mass is 19.2. The molecule has 94 valence electrons. The van der Waals surface area contributed by atoms with Crippen LogP contribution < -0.4 is 10.2 Å². The first-order valence-electron chi connectivity index (χ1n) is 6.08. The van der Waals surface area contributed by atoms with Gasteiger partial charge in [0, 0.05) is 13.1 Å². The minimum Gasteiger partial charge on any atom is -0.369 e. The standard InChI is InChI=1S/C13H18F2N2/c1-10-8-16-6-3-7-17(9-10)12-5-2-4-11(14)13(12)15/h2,4-5,10,16H,3,6-9H2,1H3. The van der Waals surface area contributed by atoms with E-state index in [-0.39, 0.29) is 0 Å². The highest BCUT2D eigenvalue weighted by Gasteiger charge is 2.18. The average Bonchev–Trinajstić information content (AvgIpc) is 2.27. The summed E-state index contributed by atoms with van der Waals surface area (Å²) in [6, 6.07) is 4.38. The molecule has 0 aliphatic carbocycles. The quantitative estimate of drug-likeness (QED) is 0.811. The average molecular weight is 240 g/mol. The van der Waals surface area contributed by atoms with Crippen LogP contribution in [-0.2, 0) is 0 Å². The van der Waals surface area contributed by atoms with Crippen molar-refractivity contribution < 1.29 is 8.78 Å². The van der Waals surface area contributed by atoms with E-state index < -0.39 is 11.6 Å². The van der Waals surface area contributed by atoms with E-state index in [1.807, 2.05) is 4.90 Å². The van der Waals surface area contributed by atoms with Crippen LogP contribution in [0.25, 0.3) is 0 Å². The van der Waals surface area contributed by atoms with E-state index in [9.17, 15) is 8.78 Å². The van der Waals surface area contributed by atoms with Crippen LogP contribution in [0.4, 0.5) is 14.5 Å². The number of rotatable bonds is 1. The lowest BCUT2D eigenvalue weighted by atomic mass is 10.1. The van der Waals surface area contributed by atoms with Crippen LogP contribution >= 0.6 is 0 Å². The number of benzene rings is 1. The maximum absolute atomic E-state index is 13.7. The van der Waals surface area contributed by atoms with Gasteiger partial charge in [0.05, 0.1) is 5.69 Å². The number of anilines is 1. The van der Waals surface area contributed by atoms with Crippen LogP contribution in [0.2, 0.25) is 0 Å². The van der Waals surface area contributed by atoms with Gasteiger partial charge in [0.2, 0.25) is 0 Å². The maximum atomic E-state index is 13.7. The minimum atomic E-state index is -0.768. The smallest absolute Gasteiger partial charge is 0.182 e. The van der Waals surface area contributed by atoms with Gasteiger partial charge in [0.1, 0.15) is 0 Å². The predicted octanol–water partition coefficient (Wildman–Crippen LogP) is 2.40. The first-order chi connectivity index (χ1) is 8.18. The lowest BCUT2D eigenvalue weighted by molar-refractivity contribution is 0.457. The Kier molecular flexibility index (Phi) is 3.94. The summed E-state index contributed by atoms with van der Waals surface area (Å²) >= 11 is 0. The van der Waals surface area contributed by atoms with Crippen molar-refractivity contribution in [2.45, 2.75) is 13.3 Å². The molecule has 1 aliphatic rings. The van der Waals surface area contributed by atoms with Gasteiger partial charge in [0.25, 0.3) is 0 Å². The van der Waals surface area contributed by atoms with E-state index in [1.165, 1.54) is 0 Å². The SMILES string of the molecule is CC1CNCCCN(c2cccc(F)c2F)C1. The topological polar surface area (TPSA) is 15.3 Å². The molecule has 1 fully saturated rings. The van der Waals surface area contributed by atoms with E-state index in [4.69, 9.17) is 0 Å². The Bertz CT molecular complexity index is 382. The van der Waals surface area contributed by atoms with Crippen LogP contribution in [-0.4, -0.2) is 26.2 Å². The van der Waals surface area contributed by atoms with Gasteiger partial charge in [-0.1, -0.05) is 13.0 Å². The van der Waals surface area contributed by atoms with E-state index >= 15 is 0 Å². The van der Waals surface area contributed by atoms with Crippen molar-refractivity contribution in [1.82, 2.24) is 5.32 Å². The summed E-state index contributed by atoms with van der Waals surface area (Å²) in [6.07, 6.45) is 0.947. The zero-order valence-corrected chi connectivity index (χ0v) is 10.0. The monoisotopic (exact) mass is 240 g/mol. The summed E-state index contributed by atoms with van der Waals surface area (Å²) in [6.45, 7) is 5.48. The third-order valence-corrected chi connectivity index (χ3v) is 3.08. The number of hydrogen-bond donors (Lipinski definition) is 1. The van der Waals surface area contributed by atoms with Gasteiger partial charge in [-0.05, 0) is 37.6 Å². The highest BCUT2D eigenvalue weighted by Crippen LogP contribution is 2.23. The Labute approximate surface area is 101 Å². The summed E-state index contributed by atoms with van der Waals surface area (Å²) in [4.78, 5) is 1.95. The summed E-state index contributed by atoms with van der Waals surface area (Å²) < 4.78 is 26.9. The normalized spacial score (nSPS) is 22.1. The molecule has 0 aromatic heterocycles. The lowest BCUT2D eigenvalue weighted by Crippen LogP contribution is -2.39. The molecule has 0 spiro atoms. The molecule has 1 N–H and O–H groups in total. The third kappa shape index (κ3) is 2.94. The maximum Gasteiger partial charge on any atom is 0.182 e. The first kappa shape index (κ1) is 12.3. The van der Waals surface area contributed by atoms with Crippen LogP contribution in [0.5, 0.6) is 0 Å². The van der Waals surface area contributed by atoms with Gasteiger partial charge < -0.3 is 10.2 Å². The fourth-order valence-electron chi connectivity index (χ4n) is 2.23. The fraction of sp³-hybridized carbons (Fsp3) is 0.538. The number of hydrogen-bond acceptors (Lipinski definition) is 2. The van der Waals surface area contributed by atoms with Gasteiger partial charge in [-0.3, -0.25) is 0 Å². The van der Waals surface area contributed by atoms with Gasteiger partial charge >= 0.3 is 0 Å². The Hall–Kier alpha value is -1.16. The molecule has 17 heavy (non-hydrogen) atoms. The van der Waals surface area contributed by atoms with Crippen molar-refractivity contribution in [1.29, 1.82) is 0 Å². The van der Waals surface area contributed by atoms with Gasteiger partial charge in [-0.2, -0.15) is 0 Å². The summed E-state index contributed by atoms with van der Waals surface area (Å²) in [5.74, 6) is -1.07. The van der Waals surface area contributed by atoms with Crippen LogP contribution in [0, 0.1) is 17.6 Å². The Morgan fingerprint density at radius 1 is 1.35 bits per heavy atom. The number of nitrogens with zero attached hydrogens (tertiary/aromatic N) is 1. The Morgan fingerprint density at radius 2 is 2.18 bits per heavy atom. The zero-order chi connectivity index (χ0) is 12.3. The molecule has 1 atom stereocenters. The van der Waals surface area contributed by atoms with Crippen LogP contribution in [0.3, 0.4) is 0 Å². The van der Waals surface area contributed by atoms with E-state index in [1.54, 1.807) is 12.1 Å². The Balaban J connectivity index is 2.20. The lowest BCUT2D eigenvalue weighted by Gasteiger charge is -2.30. The largest absolute Gasteiger partial charge is 0.369 e. The molecule has 0 bridgehead atoms. The van der Waals surface area contributed by atoms with Gasteiger partial charge in [-0.15, -0.1) is 0 Å². The van der Waals surface area contributed by atoms with Crippen molar-refractivity contribution in [2.75, 3.05) is 31.1 Å². The molecule has 1 aromatic carbocycles. The van der Waals surface area contributed by atoms with Crippen molar-refractivity contribution in [3.05, 3.63) is 29.8 Å². The molecule has 1 heterocycles. The summed E-state index contributed by atoms with van der Waals surface area (Å²) in [5, 5.41) is 3.34.